The largest absolute Gasteiger partial charge is 0.330 e. The summed E-state index contributed by atoms with van der Waals surface area (Å²) in [7, 11) is 1.66. The van der Waals surface area contributed by atoms with E-state index in [4.69, 9.17) is 11.6 Å². The molecule has 136 valence electrons. The van der Waals surface area contributed by atoms with Crippen molar-refractivity contribution in [3.63, 3.8) is 0 Å². The average molecular weight is 383 g/mol. The predicted octanol–water partition coefficient (Wildman–Crippen LogP) is 3.95. The van der Waals surface area contributed by atoms with E-state index in [9.17, 15) is 9.18 Å². The molecule has 0 saturated carbocycles. The van der Waals surface area contributed by atoms with E-state index >= 15 is 0 Å². The Balaban J connectivity index is 1.90. The summed E-state index contributed by atoms with van der Waals surface area (Å²) >= 11 is 6.00. The third kappa shape index (κ3) is 3.02. The molecule has 27 heavy (non-hydrogen) atoms. The molecule has 0 amide bonds. The molecular weight excluding hydrogens is 367 g/mol. The molecule has 5 nitrogen and oxygen atoms in total. The lowest BCUT2D eigenvalue weighted by atomic mass is 10.0. The van der Waals surface area contributed by atoms with Gasteiger partial charge in [-0.15, -0.1) is 0 Å². The van der Waals surface area contributed by atoms with Gasteiger partial charge in [-0.2, -0.15) is 0 Å². The number of aromatic nitrogens is 4. The Hall–Kier alpha value is -2.99. The predicted molar refractivity (Wildman–Crippen MR) is 103 cm³/mol. The zero-order chi connectivity index (χ0) is 19.1. The summed E-state index contributed by atoms with van der Waals surface area (Å²) in [6, 6.07) is 8.78. The number of benzene rings is 1. The van der Waals surface area contributed by atoms with Gasteiger partial charge >= 0.3 is 5.69 Å². The van der Waals surface area contributed by atoms with Gasteiger partial charge in [-0.3, -0.25) is 14.1 Å². The Kier molecular flexibility index (Phi) is 4.28. The molecule has 0 atom stereocenters. The summed E-state index contributed by atoms with van der Waals surface area (Å²) < 4.78 is 17.6. The number of pyridine rings is 2. The number of rotatable bonds is 3. The fourth-order valence-electron chi connectivity index (χ4n) is 3.17. The Morgan fingerprint density at radius 3 is 2.78 bits per heavy atom. The number of nitrogens with zero attached hydrogens (tertiary/aromatic N) is 4. The standard InChI is InChI=1S/C20H16ClFN4O/c1-12-4-3-5-16(18(12)22)14-7-17-19(24-9-14)25(2)20(27)26(17)11-13-6-15(21)10-23-8-13/h3-10H,11H2,1-2H3. The molecule has 0 fully saturated rings. The molecule has 0 aliphatic rings. The molecule has 7 heteroatoms. The molecule has 0 aliphatic heterocycles. The Bertz CT molecular complexity index is 1230. The monoisotopic (exact) mass is 382 g/mol. The molecule has 0 unspecified atom stereocenters. The second kappa shape index (κ2) is 6.63. The van der Waals surface area contributed by atoms with Gasteiger partial charge in [0, 0.05) is 36.8 Å². The van der Waals surface area contributed by atoms with E-state index in [-0.39, 0.29) is 11.5 Å². The molecular formula is C20H16ClFN4O. The minimum Gasteiger partial charge on any atom is -0.286 e. The maximum atomic E-state index is 14.5. The molecule has 4 aromatic rings. The van der Waals surface area contributed by atoms with Crippen LogP contribution in [0.5, 0.6) is 0 Å². The van der Waals surface area contributed by atoms with E-state index in [2.05, 4.69) is 9.97 Å². The van der Waals surface area contributed by atoms with Crippen LogP contribution in [0, 0.1) is 12.7 Å². The lowest BCUT2D eigenvalue weighted by molar-refractivity contribution is 0.622. The van der Waals surface area contributed by atoms with Crippen LogP contribution in [0.1, 0.15) is 11.1 Å². The molecule has 3 aromatic heterocycles. The van der Waals surface area contributed by atoms with Gasteiger partial charge in [0.2, 0.25) is 0 Å². The van der Waals surface area contributed by atoms with Crippen LogP contribution in [0.2, 0.25) is 5.02 Å². The van der Waals surface area contributed by atoms with Crippen LogP contribution >= 0.6 is 11.6 Å². The van der Waals surface area contributed by atoms with Crippen molar-refractivity contribution in [2.24, 2.45) is 7.05 Å². The molecule has 0 N–H and O–H groups in total. The quantitative estimate of drug-likeness (QED) is 0.539. The number of hydrogen-bond donors (Lipinski definition) is 0. The van der Waals surface area contributed by atoms with Crippen molar-refractivity contribution in [1.82, 2.24) is 19.1 Å². The minimum absolute atomic E-state index is 0.209. The second-order valence-electron chi connectivity index (χ2n) is 6.44. The maximum Gasteiger partial charge on any atom is 0.330 e. The van der Waals surface area contributed by atoms with Crippen molar-refractivity contribution >= 4 is 22.8 Å². The summed E-state index contributed by atoms with van der Waals surface area (Å²) in [5, 5.41) is 0.501. The summed E-state index contributed by atoms with van der Waals surface area (Å²) in [5.74, 6) is -0.289. The van der Waals surface area contributed by atoms with Crippen LogP contribution in [0.25, 0.3) is 22.3 Å². The van der Waals surface area contributed by atoms with Gasteiger partial charge in [-0.25, -0.2) is 14.2 Å². The smallest absolute Gasteiger partial charge is 0.286 e. The summed E-state index contributed by atoms with van der Waals surface area (Å²) in [5.41, 5.74) is 3.38. The van der Waals surface area contributed by atoms with Gasteiger partial charge < -0.3 is 0 Å². The van der Waals surface area contributed by atoms with Crippen molar-refractivity contribution in [3.8, 4) is 11.1 Å². The SMILES string of the molecule is Cc1cccc(-c2cnc3c(c2)n(Cc2cncc(Cl)c2)c(=O)n3C)c1F. The highest BCUT2D eigenvalue weighted by atomic mass is 35.5. The third-order valence-corrected chi connectivity index (χ3v) is 4.79. The number of halogens is 2. The van der Waals surface area contributed by atoms with E-state index in [0.717, 1.165) is 5.56 Å². The highest BCUT2D eigenvalue weighted by molar-refractivity contribution is 6.30. The first-order valence-electron chi connectivity index (χ1n) is 8.36. The summed E-state index contributed by atoms with van der Waals surface area (Å²) in [6.45, 7) is 2.01. The van der Waals surface area contributed by atoms with Gasteiger partial charge in [0.05, 0.1) is 17.1 Å². The summed E-state index contributed by atoms with van der Waals surface area (Å²) in [6.07, 6.45) is 4.79. The molecule has 1 aromatic carbocycles. The van der Waals surface area contributed by atoms with Crippen LogP contribution < -0.4 is 5.69 Å². The highest BCUT2D eigenvalue weighted by Gasteiger charge is 2.15. The zero-order valence-electron chi connectivity index (χ0n) is 14.8. The zero-order valence-corrected chi connectivity index (χ0v) is 15.5. The number of hydrogen-bond acceptors (Lipinski definition) is 3. The van der Waals surface area contributed by atoms with Crippen molar-refractivity contribution in [2.45, 2.75) is 13.5 Å². The fraction of sp³-hybridized carbons (Fsp3) is 0.150. The van der Waals surface area contributed by atoms with Gasteiger partial charge in [0.1, 0.15) is 5.82 Å². The van der Waals surface area contributed by atoms with Gasteiger partial charge in [0.15, 0.2) is 5.65 Å². The molecule has 0 spiro atoms. The first-order chi connectivity index (χ1) is 13.0. The van der Waals surface area contributed by atoms with Gasteiger partial charge in [-0.1, -0.05) is 29.8 Å². The van der Waals surface area contributed by atoms with Crippen molar-refractivity contribution in [3.05, 3.63) is 81.4 Å². The fourth-order valence-corrected chi connectivity index (χ4v) is 3.37. The van der Waals surface area contributed by atoms with E-state index in [1.54, 1.807) is 61.3 Å². The minimum atomic E-state index is -0.289. The van der Waals surface area contributed by atoms with E-state index < -0.39 is 0 Å². The van der Waals surface area contributed by atoms with Crippen LogP contribution in [0.4, 0.5) is 4.39 Å². The Morgan fingerprint density at radius 1 is 1.19 bits per heavy atom. The molecule has 0 aliphatic carbocycles. The van der Waals surface area contributed by atoms with Crippen molar-refractivity contribution in [1.29, 1.82) is 0 Å². The molecule has 0 radical (unpaired) electrons. The van der Waals surface area contributed by atoms with E-state index in [1.807, 2.05) is 0 Å². The number of imidazole rings is 1. The first kappa shape index (κ1) is 17.4. The highest BCUT2D eigenvalue weighted by Crippen LogP contribution is 2.26. The van der Waals surface area contributed by atoms with Crippen LogP contribution in [-0.4, -0.2) is 19.1 Å². The topological polar surface area (TPSA) is 52.7 Å². The van der Waals surface area contributed by atoms with Crippen molar-refractivity contribution in [2.75, 3.05) is 0 Å². The van der Waals surface area contributed by atoms with Gasteiger partial charge in [-0.05, 0) is 30.2 Å². The van der Waals surface area contributed by atoms with E-state index in [1.165, 1.54) is 10.8 Å². The van der Waals surface area contributed by atoms with Crippen LogP contribution in [0.15, 0.2) is 53.7 Å². The lowest BCUT2D eigenvalue weighted by Crippen LogP contribution is -2.22. The maximum absolute atomic E-state index is 14.5. The third-order valence-electron chi connectivity index (χ3n) is 4.58. The Morgan fingerprint density at radius 2 is 2.00 bits per heavy atom. The Labute approximate surface area is 159 Å². The van der Waals surface area contributed by atoms with Crippen LogP contribution in [0.3, 0.4) is 0 Å². The summed E-state index contributed by atoms with van der Waals surface area (Å²) in [4.78, 5) is 21.2. The normalized spacial score (nSPS) is 11.3. The number of fused-ring (bicyclic) bond motifs is 1. The molecule has 0 saturated heterocycles. The van der Waals surface area contributed by atoms with Crippen molar-refractivity contribution < 1.29 is 4.39 Å². The second-order valence-corrected chi connectivity index (χ2v) is 6.88. The van der Waals surface area contributed by atoms with E-state index in [0.29, 0.717) is 39.4 Å². The molecule has 0 bridgehead atoms. The number of aryl methyl sites for hydroxylation is 2. The lowest BCUT2D eigenvalue weighted by Gasteiger charge is -2.07. The molecule has 4 rings (SSSR count). The first-order valence-corrected chi connectivity index (χ1v) is 8.73. The van der Waals surface area contributed by atoms with Gasteiger partial charge in [0.25, 0.3) is 0 Å². The average Bonchev–Trinajstić information content (AvgIpc) is 2.88. The molecule has 3 heterocycles. The van der Waals surface area contributed by atoms with Crippen LogP contribution in [-0.2, 0) is 13.6 Å².